The summed E-state index contributed by atoms with van der Waals surface area (Å²) in [6, 6.07) is -0.0709. The second kappa shape index (κ2) is 4.92. The van der Waals surface area contributed by atoms with Crippen molar-refractivity contribution < 1.29 is 17.9 Å². The highest BCUT2D eigenvalue weighted by Gasteiger charge is 2.40. The lowest BCUT2D eigenvalue weighted by Crippen LogP contribution is -2.41. The van der Waals surface area contributed by atoms with Crippen molar-refractivity contribution in [2.24, 2.45) is 11.1 Å². The normalized spacial score (nSPS) is 29.6. The van der Waals surface area contributed by atoms with E-state index in [4.69, 9.17) is 10.5 Å². The summed E-state index contributed by atoms with van der Waals surface area (Å²) >= 11 is 0. The van der Waals surface area contributed by atoms with Crippen LogP contribution in [0.15, 0.2) is 0 Å². The maximum absolute atomic E-state index is 11.9. The minimum absolute atomic E-state index is 0.0210. The molecular weight excluding hydrogens is 219 g/mol. The fourth-order valence-corrected chi connectivity index (χ4v) is 2.06. The molecule has 2 nitrogen and oxygen atoms in total. The van der Waals surface area contributed by atoms with Crippen LogP contribution in [0.5, 0.6) is 0 Å². The Morgan fingerprint density at radius 1 is 1.38 bits per heavy atom. The van der Waals surface area contributed by atoms with Gasteiger partial charge in [-0.25, -0.2) is 0 Å². The fourth-order valence-electron chi connectivity index (χ4n) is 2.06. The van der Waals surface area contributed by atoms with Gasteiger partial charge in [-0.2, -0.15) is 13.2 Å². The Morgan fingerprint density at radius 3 is 2.44 bits per heavy atom. The van der Waals surface area contributed by atoms with Crippen molar-refractivity contribution >= 4 is 0 Å². The molecule has 1 aliphatic rings. The number of alkyl halides is 3. The Hall–Kier alpha value is -0.290. The summed E-state index contributed by atoms with van der Waals surface area (Å²) in [5, 5.41) is 0. The molecular formula is C11H20F3NO. The molecule has 1 aliphatic carbocycles. The molecule has 2 unspecified atom stereocenters. The van der Waals surface area contributed by atoms with Crippen LogP contribution in [0.4, 0.5) is 13.2 Å². The molecule has 2 N–H and O–H groups in total. The van der Waals surface area contributed by atoms with Crippen molar-refractivity contribution in [1.82, 2.24) is 0 Å². The summed E-state index contributed by atoms with van der Waals surface area (Å²) in [6.45, 7) is 4.28. The van der Waals surface area contributed by atoms with Gasteiger partial charge < -0.3 is 10.5 Å². The van der Waals surface area contributed by atoms with Crippen molar-refractivity contribution in [3.05, 3.63) is 0 Å². The SMILES string of the molecule is CC1(C)CCC(OCCCC(F)(F)F)C1N. The topological polar surface area (TPSA) is 35.2 Å². The number of hydrogen-bond acceptors (Lipinski definition) is 2. The van der Waals surface area contributed by atoms with Gasteiger partial charge in [-0.15, -0.1) is 0 Å². The van der Waals surface area contributed by atoms with E-state index < -0.39 is 12.6 Å². The minimum Gasteiger partial charge on any atom is -0.377 e. The molecule has 16 heavy (non-hydrogen) atoms. The maximum Gasteiger partial charge on any atom is 0.389 e. The minimum atomic E-state index is -4.08. The third-order valence-corrected chi connectivity index (χ3v) is 3.31. The quantitative estimate of drug-likeness (QED) is 0.766. The standard InChI is InChI=1S/C11H20F3NO/c1-10(2)6-4-8(9(10)15)16-7-3-5-11(12,13)14/h8-9H,3-7,15H2,1-2H3. The van der Waals surface area contributed by atoms with Gasteiger partial charge in [0.15, 0.2) is 0 Å². The predicted octanol–water partition coefficient (Wildman–Crippen LogP) is 2.86. The van der Waals surface area contributed by atoms with E-state index in [1.807, 2.05) is 0 Å². The molecule has 1 saturated carbocycles. The van der Waals surface area contributed by atoms with Crippen molar-refractivity contribution in [2.75, 3.05) is 6.61 Å². The lowest BCUT2D eigenvalue weighted by atomic mass is 9.88. The molecule has 2 atom stereocenters. The molecule has 0 aromatic carbocycles. The average molecular weight is 239 g/mol. The Morgan fingerprint density at radius 2 is 2.00 bits per heavy atom. The van der Waals surface area contributed by atoms with Crippen LogP contribution in [0.2, 0.25) is 0 Å². The van der Waals surface area contributed by atoms with Crippen LogP contribution < -0.4 is 5.73 Å². The second-order valence-electron chi connectivity index (χ2n) is 5.18. The molecule has 0 aromatic heterocycles. The lowest BCUT2D eigenvalue weighted by Gasteiger charge is -2.26. The monoisotopic (exact) mass is 239 g/mol. The van der Waals surface area contributed by atoms with Gasteiger partial charge in [0.25, 0.3) is 0 Å². The molecule has 1 fully saturated rings. The van der Waals surface area contributed by atoms with Crippen molar-refractivity contribution in [3.8, 4) is 0 Å². The van der Waals surface area contributed by atoms with E-state index in [0.29, 0.717) is 0 Å². The van der Waals surface area contributed by atoms with E-state index in [2.05, 4.69) is 13.8 Å². The average Bonchev–Trinajstić information content (AvgIpc) is 2.37. The second-order valence-corrected chi connectivity index (χ2v) is 5.18. The summed E-state index contributed by atoms with van der Waals surface area (Å²) in [7, 11) is 0. The Balaban J connectivity index is 2.20. The Labute approximate surface area is 94.3 Å². The van der Waals surface area contributed by atoms with Gasteiger partial charge in [0.05, 0.1) is 6.10 Å². The Bertz CT molecular complexity index is 228. The van der Waals surface area contributed by atoms with E-state index in [-0.39, 0.29) is 30.6 Å². The summed E-state index contributed by atoms with van der Waals surface area (Å²) in [6.07, 6.45) is -3.10. The van der Waals surface area contributed by atoms with E-state index in [1.54, 1.807) is 0 Å². The predicted molar refractivity (Wildman–Crippen MR) is 56.0 cm³/mol. The smallest absolute Gasteiger partial charge is 0.377 e. The first-order valence-corrected chi connectivity index (χ1v) is 5.66. The van der Waals surface area contributed by atoms with Crippen molar-refractivity contribution in [3.63, 3.8) is 0 Å². The summed E-state index contributed by atoms with van der Waals surface area (Å²) in [4.78, 5) is 0. The van der Waals surface area contributed by atoms with Gasteiger partial charge in [0, 0.05) is 19.1 Å². The first-order valence-electron chi connectivity index (χ1n) is 5.66. The van der Waals surface area contributed by atoms with Crippen molar-refractivity contribution in [1.29, 1.82) is 0 Å². The summed E-state index contributed by atoms with van der Waals surface area (Å²) in [5.74, 6) is 0. The van der Waals surface area contributed by atoms with Gasteiger partial charge in [0.2, 0.25) is 0 Å². The molecule has 0 bridgehead atoms. The third-order valence-electron chi connectivity index (χ3n) is 3.31. The van der Waals surface area contributed by atoms with E-state index >= 15 is 0 Å². The molecule has 5 heteroatoms. The highest BCUT2D eigenvalue weighted by molar-refractivity contribution is 4.95. The molecule has 1 rings (SSSR count). The van der Waals surface area contributed by atoms with Crippen LogP contribution in [0.25, 0.3) is 0 Å². The van der Waals surface area contributed by atoms with Crippen LogP contribution >= 0.6 is 0 Å². The van der Waals surface area contributed by atoms with Crippen LogP contribution in [0, 0.1) is 5.41 Å². The first-order chi connectivity index (χ1) is 7.22. The fraction of sp³-hybridized carbons (Fsp3) is 1.00. The number of nitrogens with two attached hydrogens (primary N) is 1. The molecule has 0 aromatic rings. The highest BCUT2D eigenvalue weighted by Crippen LogP contribution is 2.37. The zero-order valence-corrected chi connectivity index (χ0v) is 9.81. The molecule has 0 saturated heterocycles. The van der Waals surface area contributed by atoms with Crippen LogP contribution in [-0.4, -0.2) is 24.9 Å². The third kappa shape index (κ3) is 3.94. The molecule has 0 amide bonds. The Kier molecular flexibility index (Phi) is 4.23. The van der Waals surface area contributed by atoms with Gasteiger partial charge >= 0.3 is 6.18 Å². The highest BCUT2D eigenvalue weighted by atomic mass is 19.4. The molecule has 0 radical (unpaired) electrons. The van der Waals surface area contributed by atoms with Crippen LogP contribution in [0.3, 0.4) is 0 Å². The van der Waals surface area contributed by atoms with E-state index in [1.165, 1.54) is 0 Å². The number of ether oxygens (including phenoxy) is 1. The number of halogens is 3. The molecule has 0 spiro atoms. The van der Waals surface area contributed by atoms with Gasteiger partial charge in [-0.05, 0) is 24.7 Å². The zero-order valence-electron chi connectivity index (χ0n) is 9.81. The van der Waals surface area contributed by atoms with E-state index in [9.17, 15) is 13.2 Å². The number of hydrogen-bond donors (Lipinski definition) is 1. The lowest BCUT2D eigenvalue weighted by molar-refractivity contribution is -0.139. The maximum atomic E-state index is 11.9. The summed E-state index contributed by atoms with van der Waals surface area (Å²) in [5.41, 5.74) is 6.01. The zero-order chi connectivity index (χ0) is 12.4. The molecule has 0 aliphatic heterocycles. The molecule has 96 valence electrons. The van der Waals surface area contributed by atoms with Crippen molar-refractivity contribution in [2.45, 2.75) is 57.9 Å². The van der Waals surface area contributed by atoms with Gasteiger partial charge in [-0.1, -0.05) is 13.8 Å². The molecule has 0 heterocycles. The number of rotatable bonds is 4. The summed E-state index contributed by atoms with van der Waals surface area (Å²) < 4.78 is 41.0. The van der Waals surface area contributed by atoms with Gasteiger partial charge in [-0.3, -0.25) is 0 Å². The largest absolute Gasteiger partial charge is 0.389 e. The first kappa shape index (κ1) is 13.8. The van der Waals surface area contributed by atoms with Crippen LogP contribution in [-0.2, 0) is 4.74 Å². The van der Waals surface area contributed by atoms with E-state index in [0.717, 1.165) is 12.8 Å². The van der Waals surface area contributed by atoms with Crippen LogP contribution in [0.1, 0.15) is 39.5 Å². The van der Waals surface area contributed by atoms with Gasteiger partial charge in [0.1, 0.15) is 0 Å².